The van der Waals surface area contributed by atoms with Crippen molar-refractivity contribution in [2.45, 2.75) is 26.8 Å². The molecule has 0 saturated carbocycles. The number of nitrogens with zero attached hydrogens (tertiary/aromatic N) is 3. The number of nitrogens with one attached hydrogen (secondary N) is 1. The summed E-state index contributed by atoms with van der Waals surface area (Å²) in [5.74, 6) is 0.0294. The van der Waals surface area contributed by atoms with Gasteiger partial charge in [0.2, 0.25) is 11.5 Å². The van der Waals surface area contributed by atoms with E-state index in [0.29, 0.717) is 41.2 Å². The fourth-order valence-electron chi connectivity index (χ4n) is 2.79. The monoisotopic (exact) mass is 326 g/mol. The van der Waals surface area contributed by atoms with Gasteiger partial charge in [-0.15, -0.1) is 0 Å². The van der Waals surface area contributed by atoms with Crippen LogP contribution in [0.1, 0.15) is 30.6 Å². The second kappa shape index (κ2) is 6.27. The minimum atomic E-state index is -0.292. The first-order valence-corrected chi connectivity index (χ1v) is 8.00. The zero-order chi connectivity index (χ0) is 17.3. The molecule has 0 radical (unpaired) electrons. The molecule has 0 unspecified atom stereocenters. The van der Waals surface area contributed by atoms with Crippen molar-refractivity contribution in [1.29, 1.82) is 0 Å². The van der Waals surface area contributed by atoms with E-state index in [1.807, 2.05) is 19.9 Å². The van der Waals surface area contributed by atoms with Crippen molar-refractivity contribution in [1.82, 2.24) is 14.7 Å². The van der Waals surface area contributed by atoms with Crippen LogP contribution in [-0.4, -0.2) is 21.8 Å². The maximum Gasteiger partial charge on any atom is 0.278 e. The van der Waals surface area contributed by atoms with Gasteiger partial charge in [-0.2, -0.15) is 0 Å². The van der Waals surface area contributed by atoms with Gasteiger partial charge >= 0.3 is 0 Å². The lowest BCUT2D eigenvalue weighted by atomic mass is 10.1. The van der Waals surface area contributed by atoms with Crippen molar-refractivity contribution in [2.75, 3.05) is 12.3 Å². The lowest BCUT2D eigenvalue weighted by molar-refractivity contribution is -0.658. The van der Waals surface area contributed by atoms with Crippen LogP contribution < -0.4 is 21.2 Å². The maximum absolute atomic E-state index is 12.8. The second-order valence-corrected chi connectivity index (χ2v) is 5.54. The Morgan fingerprint density at radius 3 is 2.88 bits per heavy atom. The van der Waals surface area contributed by atoms with Crippen molar-refractivity contribution in [3.63, 3.8) is 0 Å². The number of fused-ring (bicyclic) bond motifs is 2. The average molecular weight is 326 g/mol. The van der Waals surface area contributed by atoms with E-state index in [-0.39, 0.29) is 11.5 Å². The highest BCUT2D eigenvalue weighted by molar-refractivity contribution is 6.00. The highest BCUT2D eigenvalue weighted by Gasteiger charge is 2.23. The number of anilines is 1. The highest BCUT2D eigenvalue weighted by atomic mass is 16.1. The van der Waals surface area contributed by atoms with E-state index in [1.165, 1.54) is 10.5 Å². The molecule has 0 atom stereocenters. The Hall–Kier alpha value is -2.96. The number of amides is 1. The second-order valence-electron chi connectivity index (χ2n) is 5.54. The van der Waals surface area contributed by atoms with Crippen molar-refractivity contribution < 1.29 is 9.36 Å². The zero-order valence-corrected chi connectivity index (χ0v) is 13.7. The van der Waals surface area contributed by atoms with Gasteiger partial charge in [0, 0.05) is 12.7 Å². The predicted molar refractivity (Wildman–Crippen MR) is 91.9 cm³/mol. The van der Waals surface area contributed by atoms with Crippen LogP contribution in [0.25, 0.3) is 16.7 Å². The quantitative estimate of drug-likeness (QED) is 0.550. The summed E-state index contributed by atoms with van der Waals surface area (Å²) in [6.07, 6.45) is 2.47. The molecule has 0 spiro atoms. The van der Waals surface area contributed by atoms with Gasteiger partial charge in [0.05, 0.1) is 6.54 Å². The average Bonchev–Trinajstić information content (AvgIpc) is 2.58. The summed E-state index contributed by atoms with van der Waals surface area (Å²) in [6, 6.07) is 6.90. The molecule has 0 aliphatic rings. The minimum absolute atomic E-state index is 0.217. The molecule has 7 nitrogen and oxygen atoms in total. The predicted octanol–water partition coefficient (Wildman–Crippen LogP) is 0.877. The molecule has 124 valence electrons. The van der Waals surface area contributed by atoms with Crippen LogP contribution in [0.15, 0.2) is 35.3 Å². The summed E-state index contributed by atoms with van der Waals surface area (Å²) in [4.78, 5) is 29.7. The molecule has 0 bridgehead atoms. The van der Waals surface area contributed by atoms with E-state index in [4.69, 9.17) is 5.73 Å². The van der Waals surface area contributed by atoms with E-state index < -0.39 is 0 Å². The Balaban J connectivity index is 2.43. The van der Waals surface area contributed by atoms with Gasteiger partial charge in [0.15, 0.2) is 0 Å². The van der Waals surface area contributed by atoms with Crippen LogP contribution in [0.3, 0.4) is 0 Å². The summed E-state index contributed by atoms with van der Waals surface area (Å²) in [6.45, 7) is 4.90. The lowest BCUT2D eigenvalue weighted by Gasteiger charge is -2.11. The summed E-state index contributed by atoms with van der Waals surface area (Å²) in [5.41, 5.74) is 7.34. The minimum Gasteiger partial charge on any atom is -0.352 e. The van der Waals surface area contributed by atoms with Crippen LogP contribution in [-0.2, 0) is 6.54 Å². The first-order valence-electron chi connectivity index (χ1n) is 8.00. The summed E-state index contributed by atoms with van der Waals surface area (Å²) < 4.78 is 3.21. The molecule has 7 heteroatoms. The molecule has 3 heterocycles. The molecule has 0 aliphatic heterocycles. The van der Waals surface area contributed by atoms with Gasteiger partial charge in [-0.1, -0.05) is 18.0 Å². The van der Waals surface area contributed by atoms with Gasteiger partial charge in [0.25, 0.3) is 17.1 Å². The number of carbonyl (C=O) groups is 1. The molecule has 0 aliphatic carbocycles. The molecular formula is C17H20N5O2+. The molecule has 24 heavy (non-hydrogen) atoms. The molecule has 0 fully saturated rings. The number of aromatic nitrogens is 3. The van der Waals surface area contributed by atoms with Crippen molar-refractivity contribution in [3.8, 4) is 0 Å². The summed E-state index contributed by atoms with van der Waals surface area (Å²) >= 11 is 0. The fraction of sp³-hybridized carbons (Fsp3) is 0.294. The molecule has 0 aromatic carbocycles. The van der Waals surface area contributed by atoms with Crippen LogP contribution in [0.2, 0.25) is 0 Å². The molecule has 1 amide bonds. The normalized spacial score (nSPS) is 11.1. The SMILES string of the molecule is CCC[n+]1c(N)c(C(=O)NCC)cc2c(=O)n3ccccc3nc21. The Bertz CT molecular complexity index is 994. The number of nitrogen functional groups attached to an aromatic ring is 1. The third kappa shape index (κ3) is 2.47. The molecule has 0 saturated heterocycles. The first-order chi connectivity index (χ1) is 11.6. The zero-order valence-electron chi connectivity index (χ0n) is 13.7. The number of hydrogen-bond donors (Lipinski definition) is 2. The molecule has 3 rings (SSSR count). The topological polar surface area (TPSA) is 93.4 Å². The Labute approximate surface area is 138 Å². The van der Waals surface area contributed by atoms with Crippen LogP contribution in [0.5, 0.6) is 0 Å². The van der Waals surface area contributed by atoms with Crippen LogP contribution in [0, 0.1) is 0 Å². The smallest absolute Gasteiger partial charge is 0.278 e. The van der Waals surface area contributed by atoms with E-state index in [9.17, 15) is 9.59 Å². The molecule has 3 aromatic rings. The number of nitrogens with two attached hydrogens (primary N) is 1. The third-order valence-electron chi connectivity index (χ3n) is 3.89. The third-order valence-corrected chi connectivity index (χ3v) is 3.89. The van der Waals surface area contributed by atoms with Crippen LogP contribution in [0.4, 0.5) is 5.82 Å². The largest absolute Gasteiger partial charge is 0.352 e. The van der Waals surface area contributed by atoms with Gasteiger partial charge < -0.3 is 11.1 Å². The van der Waals surface area contributed by atoms with Gasteiger partial charge in [-0.05, 0) is 31.5 Å². The maximum atomic E-state index is 12.8. The van der Waals surface area contributed by atoms with Crippen LogP contribution >= 0.6 is 0 Å². The highest BCUT2D eigenvalue weighted by Crippen LogP contribution is 2.14. The van der Waals surface area contributed by atoms with Gasteiger partial charge in [-0.3, -0.25) is 14.0 Å². The van der Waals surface area contributed by atoms with Crippen molar-refractivity contribution in [2.24, 2.45) is 0 Å². The molecule has 3 aromatic heterocycles. The molecular weight excluding hydrogens is 306 g/mol. The molecule has 3 N–H and O–H groups in total. The number of hydrogen-bond acceptors (Lipinski definition) is 4. The Kier molecular flexibility index (Phi) is 4.16. The number of carbonyl (C=O) groups excluding carboxylic acids is 1. The van der Waals surface area contributed by atoms with Gasteiger partial charge in [0.1, 0.15) is 10.9 Å². The summed E-state index contributed by atoms with van der Waals surface area (Å²) in [5, 5.41) is 3.11. The van der Waals surface area contributed by atoms with E-state index in [1.54, 1.807) is 22.9 Å². The fourth-order valence-corrected chi connectivity index (χ4v) is 2.79. The number of aryl methyl sites for hydroxylation is 1. The van der Waals surface area contributed by atoms with E-state index >= 15 is 0 Å². The van der Waals surface area contributed by atoms with E-state index in [0.717, 1.165) is 6.42 Å². The number of pyridine rings is 2. The van der Waals surface area contributed by atoms with Crippen molar-refractivity contribution >= 4 is 28.4 Å². The van der Waals surface area contributed by atoms with E-state index in [2.05, 4.69) is 10.3 Å². The first kappa shape index (κ1) is 15.9. The summed E-state index contributed by atoms with van der Waals surface area (Å²) in [7, 11) is 0. The lowest BCUT2D eigenvalue weighted by Crippen LogP contribution is -2.42. The standard InChI is InChI=1S/C17H19N5O2/c1-3-8-22-14(18)11(16(23)19-4-2)10-12-15(22)20-13-7-5-6-9-21(13)17(12)24/h5-7,9-10,18H,3-4,8H2,1-2H3,(H,19,23)/p+1. The van der Waals surface area contributed by atoms with Gasteiger partial charge in [-0.25, -0.2) is 4.57 Å². The Morgan fingerprint density at radius 1 is 1.38 bits per heavy atom. The van der Waals surface area contributed by atoms with Crippen molar-refractivity contribution in [3.05, 3.63) is 46.4 Å². The Morgan fingerprint density at radius 2 is 2.17 bits per heavy atom. The number of rotatable bonds is 4.